The number of hydrogen-bond acceptors (Lipinski definition) is 2. The van der Waals surface area contributed by atoms with Gasteiger partial charge in [0, 0.05) is 25.3 Å². The second-order valence-electron chi connectivity index (χ2n) is 7.95. The van der Waals surface area contributed by atoms with Crippen molar-refractivity contribution in [2.75, 3.05) is 39.0 Å². The molecule has 2 aromatic rings. The fraction of sp³-hybridized carbons (Fsp3) is 0.409. The molecule has 4 rings (SSSR count). The fourth-order valence-corrected chi connectivity index (χ4v) is 4.30. The average Bonchev–Trinajstić information content (AvgIpc) is 3.04. The van der Waals surface area contributed by atoms with Crippen LogP contribution in [0.1, 0.15) is 11.1 Å². The van der Waals surface area contributed by atoms with E-state index >= 15 is 0 Å². The van der Waals surface area contributed by atoms with Gasteiger partial charge in [-0.25, -0.2) is 4.79 Å². The Hall–Kier alpha value is -2.33. The number of benzene rings is 2. The number of nitrogens with one attached hydrogen (secondary N) is 1. The molecule has 1 saturated heterocycles. The standard InChI is InChI=1S/C22H27N3O/c1-24(2)13-19-20-14-25(15-21(19)20)22(26)23-18-10-6-9-17(12-18)11-16-7-4-3-5-8-16/h3-10,12,19-21H,11,13-15H2,1-2H3,(H,23,26)/t19?,20-,21+. The van der Waals surface area contributed by atoms with E-state index in [0.29, 0.717) is 11.8 Å². The molecule has 1 heterocycles. The summed E-state index contributed by atoms with van der Waals surface area (Å²) in [6.07, 6.45) is 0.880. The van der Waals surface area contributed by atoms with Gasteiger partial charge in [-0.05, 0) is 61.5 Å². The predicted octanol–water partition coefficient (Wildman–Crippen LogP) is 3.55. The van der Waals surface area contributed by atoms with E-state index < -0.39 is 0 Å². The first-order valence-electron chi connectivity index (χ1n) is 9.43. The maximum Gasteiger partial charge on any atom is 0.321 e. The summed E-state index contributed by atoms with van der Waals surface area (Å²) >= 11 is 0. The molecule has 2 amide bonds. The number of fused-ring (bicyclic) bond motifs is 1. The summed E-state index contributed by atoms with van der Waals surface area (Å²) in [6.45, 7) is 2.95. The summed E-state index contributed by atoms with van der Waals surface area (Å²) in [5, 5.41) is 3.08. The van der Waals surface area contributed by atoms with E-state index in [-0.39, 0.29) is 6.03 Å². The number of hydrogen-bond donors (Lipinski definition) is 1. The van der Waals surface area contributed by atoms with Crippen LogP contribution in [0.3, 0.4) is 0 Å². The van der Waals surface area contributed by atoms with Gasteiger partial charge in [0.2, 0.25) is 0 Å². The lowest BCUT2D eigenvalue weighted by atomic mass is 10.0. The zero-order valence-corrected chi connectivity index (χ0v) is 15.6. The Morgan fingerprint density at radius 2 is 1.73 bits per heavy atom. The third-order valence-corrected chi connectivity index (χ3v) is 5.66. The SMILES string of the molecule is CN(C)CC1[C@H]2CN(C(=O)Nc3cccc(Cc4ccccc4)c3)C[C@@H]12. The highest BCUT2D eigenvalue weighted by Crippen LogP contribution is 2.51. The van der Waals surface area contributed by atoms with Crippen molar-refractivity contribution >= 4 is 11.7 Å². The molecule has 0 bridgehead atoms. The zero-order valence-electron chi connectivity index (χ0n) is 15.6. The molecule has 136 valence electrons. The number of likely N-dealkylation sites (tertiary alicyclic amines) is 1. The van der Waals surface area contributed by atoms with Crippen molar-refractivity contribution < 1.29 is 4.79 Å². The highest BCUT2D eigenvalue weighted by atomic mass is 16.2. The molecule has 4 heteroatoms. The maximum absolute atomic E-state index is 12.6. The molecular weight excluding hydrogens is 322 g/mol. The first-order chi connectivity index (χ1) is 12.6. The molecule has 2 aliphatic rings. The van der Waals surface area contributed by atoms with Crippen LogP contribution in [0.25, 0.3) is 0 Å². The van der Waals surface area contributed by atoms with Gasteiger partial charge in [0.25, 0.3) is 0 Å². The van der Waals surface area contributed by atoms with Crippen LogP contribution in [-0.4, -0.2) is 49.6 Å². The smallest absolute Gasteiger partial charge is 0.321 e. The van der Waals surface area contributed by atoms with Crippen molar-refractivity contribution in [3.05, 3.63) is 65.7 Å². The van der Waals surface area contributed by atoms with Crippen molar-refractivity contribution in [1.29, 1.82) is 0 Å². The number of carbonyl (C=O) groups is 1. The third-order valence-electron chi connectivity index (χ3n) is 5.66. The molecular formula is C22H27N3O. The first-order valence-corrected chi connectivity index (χ1v) is 9.43. The fourth-order valence-electron chi connectivity index (χ4n) is 4.30. The van der Waals surface area contributed by atoms with Gasteiger partial charge >= 0.3 is 6.03 Å². The summed E-state index contributed by atoms with van der Waals surface area (Å²) in [5.74, 6) is 2.18. The van der Waals surface area contributed by atoms with Gasteiger partial charge in [0.05, 0.1) is 0 Å². The number of carbonyl (C=O) groups excluding carboxylic acids is 1. The molecule has 2 aromatic carbocycles. The lowest BCUT2D eigenvalue weighted by Crippen LogP contribution is -2.36. The van der Waals surface area contributed by atoms with Gasteiger partial charge in [-0.15, -0.1) is 0 Å². The van der Waals surface area contributed by atoms with Crippen molar-refractivity contribution in [2.45, 2.75) is 6.42 Å². The van der Waals surface area contributed by atoms with Crippen molar-refractivity contribution in [3.63, 3.8) is 0 Å². The van der Waals surface area contributed by atoms with Crippen molar-refractivity contribution in [1.82, 2.24) is 9.80 Å². The van der Waals surface area contributed by atoms with Crippen LogP contribution in [0.5, 0.6) is 0 Å². The normalized spacial score (nSPS) is 23.8. The third kappa shape index (κ3) is 3.75. The van der Waals surface area contributed by atoms with E-state index in [1.165, 1.54) is 11.1 Å². The number of urea groups is 1. The maximum atomic E-state index is 12.6. The van der Waals surface area contributed by atoms with Gasteiger partial charge < -0.3 is 15.1 Å². The molecule has 1 aliphatic carbocycles. The van der Waals surface area contributed by atoms with Crippen LogP contribution in [0.15, 0.2) is 54.6 Å². The summed E-state index contributed by atoms with van der Waals surface area (Å²) in [7, 11) is 4.25. The van der Waals surface area contributed by atoms with E-state index in [9.17, 15) is 4.79 Å². The Kier molecular flexibility index (Phi) is 4.68. The molecule has 26 heavy (non-hydrogen) atoms. The van der Waals surface area contributed by atoms with E-state index in [4.69, 9.17) is 0 Å². The Bertz CT molecular complexity index is 762. The number of nitrogens with zero attached hydrogens (tertiary/aromatic N) is 2. The van der Waals surface area contributed by atoms with Crippen LogP contribution >= 0.6 is 0 Å². The number of piperidine rings is 1. The number of rotatable bonds is 5. The Labute approximate surface area is 155 Å². The van der Waals surface area contributed by atoms with Crippen LogP contribution < -0.4 is 5.32 Å². The molecule has 3 atom stereocenters. The van der Waals surface area contributed by atoms with Crippen LogP contribution in [0.2, 0.25) is 0 Å². The Balaban J connectivity index is 1.32. The summed E-state index contributed by atoms with van der Waals surface area (Å²) in [6, 6.07) is 18.6. The molecule has 2 fully saturated rings. The van der Waals surface area contributed by atoms with Gasteiger partial charge in [0.1, 0.15) is 0 Å². The van der Waals surface area contributed by atoms with E-state index in [1.807, 2.05) is 23.1 Å². The van der Waals surface area contributed by atoms with E-state index in [2.05, 4.69) is 60.7 Å². The molecule has 1 aliphatic heterocycles. The Morgan fingerprint density at radius 3 is 2.42 bits per heavy atom. The van der Waals surface area contributed by atoms with E-state index in [0.717, 1.165) is 37.7 Å². The van der Waals surface area contributed by atoms with Gasteiger partial charge in [-0.2, -0.15) is 0 Å². The topological polar surface area (TPSA) is 35.6 Å². The van der Waals surface area contributed by atoms with Gasteiger partial charge in [-0.1, -0.05) is 42.5 Å². The van der Waals surface area contributed by atoms with Crippen LogP contribution in [0, 0.1) is 17.8 Å². The minimum atomic E-state index is 0.0395. The number of anilines is 1. The van der Waals surface area contributed by atoms with Gasteiger partial charge in [0.15, 0.2) is 0 Å². The number of amides is 2. The zero-order chi connectivity index (χ0) is 18.1. The van der Waals surface area contributed by atoms with Crippen molar-refractivity contribution in [2.24, 2.45) is 17.8 Å². The molecule has 1 unspecified atom stereocenters. The molecule has 0 radical (unpaired) electrons. The average molecular weight is 349 g/mol. The lowest BCUT2D eigenvalue weighted by Gasteiger charge is -2.21. The first kappa shape index (κ1) is 17.1. The molecule has 0 aromatic heterocycles. The van der Waals surface area contributed by atoms with Gasteiger partial charge in [-0.3, -0.25) is 0 Å². The summed E-state index contributed by atoms with van der Waals surface area (Å²) in [5.41, 5.74) is 3.38. The second kappa shape index (κ2) is 7.12. The predicted molar refractivity (Wildman–Crippen MR) is 105 cm³/mol. The van der Waals surface area contributed by atoms with Crippen molar-refractivity contribution in [3.8, 4) is 0 Å². The molecule has 0 spiro atoms. The quantitative estimate of drug-likeness (QED) is 0.896. The summed E-state index contributed by atoms with van der Waals surface area (Å²) in [4.78, 5) is 16.8. The van der Waals surface area contributed by atoms with E-state index in [1.54, 1.807) is 0 Å². The minimum Gasteiger partial charge on any atom is -0.324 e. The molecule has 4 nitrogen and oxygen atoms in total. The molecule has 1 saturated carbocycles. The lowest BCUT2D eigenvalue weighted by molar-refractivity contribution is 0.212. The highest BCUT2D eigenvalue weighted by Gasteiger charge is 2.56. The highest BCUT2D eigenvalue weighted by molar-refractivity contribution is 5.89. The largest absolute Gasteiger partial charge is 0.324 e. The molecule has 1 N–H and O–H groups in total. The monoisotopic (exact) mass is 349 g/mol. The van der Waals surface area contributed by atoms with Crippen LogP contribution in [0.4, 0.5) is 10.5 Å². The summed E-state index contributed by atoms with van der Waals surface area (Å²) < 4.78 is 0. The minimum absolute atomic E-state index is 0.0395. The Morgan fingerprint density at radius 1 is 1.04 bits per heavy atom. The second-order valence-corrected chi connectivity index (χ2v) is 7.95. The van der Waals surface area contributed by atoms with Crippen LogP contribution in [-0.2, 0) is 6.42 Å².